The van der Waals surface area contributed by atoms with Crippen LogP contribution in [0.2, 0.25) is 10.0 Å². The fourth-order valence-corrected chi connectivity index (χ4v) is 5.78. The molecule has 3 rings (SSSR count). The Labute approximate surface area is 197 Å². The predicted molar refractivity (Wildman–Crippen MR) is 123 cm³/mol. The Morgan fingerprint density at radius 2 is 1.88 bits per heavy atom. The summed E-state index contributed by atoms with van der Waals surface area (Å²) in [5.74, 6) is -1.08. The van der Waals surface area contributed by atoms with Gasteiger partial charge >= 0.3 is 5.97 Å². The minimum absolute atomic E-state index is 0.0535. The van der Waals surface area contributed by atoms with Gasteiger partial charge in [-0.05, 0) is 55.7 Å². The molecule has 0 spiro atoms. The van der Waals surface area contributed by atoms with Crippen LogP contribution in [0.5, 0.6) is 0 Å². The van der Waals surface area contributed by atoms with Crippen molar-refractivity contribution in [3.8, 4) is 0 Å². The van der Waals surface area contributed by atoms with Crippen LogP contribution in [0.1, 0.15) is 25.3 Å². The monoisotopic (exact) mass is 498 g/mol. The number of ether oxygens (including phenoxy) is 1. The average Bonchev–Trinajstić information content (AvgIpc) is 2.77. The third-order valence-electron chi connectivity index (χ3n) is 5.14. The van der Waals surface area contributed by atoms with Gasteiger partial charge in [0.2, 0.25) is 15.9 Å². The molecule has 2 aromatic rings. The van der Waals surface area contributed by atoms with Gasteiger partial charge in [-0.3, -0.25) is 9.59 Å². The summed E-state index contributed by atoms with van der Waals surface area (Å²) in [7, 11) is -3.88. The Hall–Kier alpha value is -2.13. The number of anilines is 1. The van der Waals surface area contributed by atoms with Crippen LogP contribution in [-0.4, -0.2) is 44.3 Å². The van der Waals surface area contributed by atoms with Crippen molar-refractivity contribution in [2.24, 2.45) is 5.92 Å². The molecule has 1 aliphatic rings. The zero-order chi connectivity index (χ0) is 23.3. The number of nitrogens with zero attached hydrogens (tertiary/aromatic N) is 1. The molecule has 0 radical (unpaired) electrons. The van der Waals surface area contributed by atoms with E-state index in [0.717, 1.165) is 5.56 Å². The maximum Gasteiger partial charge on any atom is 0.310 e. The van der Waals surface area contributed by atoms with Crippen LogP contribution in [0, 0.1) is 5.92 Å². The van der Waals surface area contributed by atoms with Gasteiger partial charge in [-0.25, -0.2) is 8.42 Å². The van der Waals surface area contributed by atoms with E-state index >= 15 is 0 Å². The van der Waals surface area contributed by atoms with Gasteiger partial charge < -0.3 is 10.1 Å². The van der Waals surface area contributed by atoms with E-state index in [4.69, 9.17) is 27.9 Å². The molecule has 1 heterocycles. The first-order chi connectivity index (χ1) is 15.2. The summed E-state index contributed by atoms with van der Waals surface area (Å²) in [5, 5.41) is 3.18. The van der Waals surface area contributed by atoms with Crippen LogP contribution < -0.4 is 5.32 Å². The highest BCUT2D eigenvalue weighted by Crippen LogP contribution is 2.30. The molecule has 7 nitrogen and oxygen atoms in total. The molecule has 1 N–H and O–H groups in total. The molecule has 1 saturated heterocycles. The summed E-state index contributed by atoms with van der Waals surface area (Å²) >= 11 is 12.0. The zero-order valence-electron chi connectivity index (χ0n) is 17.5. The van der Waals surface area contributed by atoms with E-state index in [1.807, 2.05) is 0 Å². The quantitative estimate of drug-likeness (QED) is 0.579. The van der Waals surface area contributed by atoms with Gasteiger partial charge in [-0.2, -0.15) is 4.31 Å². The van der Waals surface area contributed by atoms with Crippen molar-refractivity contribution in [2.45, 2.75) is 31.1 Å². The van der Waals surface area contributed by atoms with Gasteiger partial charge in [0.1, 0.15) is 4.90 Å². The summed E-state index contributed by atoms with van der Waals surface area (Å²) in [4.78, 5) is 24.3. The molecular weight excluding hydrogens is 475 g/mol. The normalized spacial score (nSPS) is 17.0. The number of carbonyl (C=O) groups excluding carboxylic acids is 2. The number of halogens is 2. The number of benzene rings is 2. The van der Waals surface area contributed by atoms with E-state index in [0.29, 0.717) is 31.7 Å². The molecule has 1 unspecified atom stereocenters. The number of carbonyl (C=O) groups is 2. The van der Waals surface area contributed by atoms with Crippen molar-refractivity contribution in [2.75, 3.05) is 25.0 Å². The van der Waals surface area contributed by atoms with E-state index in [-0.39, 0.29) is 39.8 Å². The molecule has 0 saturated carbocycles. The van der Waals surface area contributed by atoms with E-state index in [9.17, 15) is 18.0 Å². The molecule has 1 amide bonds. The van der Waals surface area contributed by atoms with Crippen molar-refractivity contribution in [3.05, 3.63) is 58.1 Å². The fraction of sp³-hybridized carbons (Fsp3) is 0.364. The summed E-state index contributed by atoms with van der Waals surface area (Å²) in [6, 6.07) is 11.2. The van der Waals surface area contributed by atoms with Crippen LogP contribution in [0.4, 0.5) is 5.69 Å². The van der Waals surface area contributed by atoms with Crippen molar-refractivity contribution >= 4 is 50.8 Å². The van der Waals surface area contributed by atoms with Gasteiger partial charge in [0.25, 0.3) is 0 Å². The summed E-state index contributed by atoms with van der Waals surface area (Å²) in [6.45, 7) is 2.43. The Bertz CT molecular complexity index is 1090. The molecule has 0 bridgehead atoms. The van der Waals surface area contributed by atoms with Gasteiger partial charge in [0, 0.05) is 23.8 Å². The molecule has 10 heteroatoms. The minimum Gasteiger partial charge on any atom is -0.466 e. The third kappa shape index (κ3) is 6.01. The van der Waals surface area contributed by atoms with E-state index in [1.54, 1.807) is 31.2 Å². The highest BCUT2D eigenvalue weighted by atomic mass is 35.5. The van der Waals surface area contributed by atoms with Crippen LogP contribution in [-0.2, 0) is 30.8 Å². The van der Waals surface area contributed by atoms with E-state index < -0.39 is 15.9 Å². The number of esters is 1. The lowest BCUT2D eigenvalue weighted by atomic mass is 9.98. The number of nitrogens with one attached hydrogen (secondary N) is 1. The molecule has 0 aromatic heterocycles. The average molecular weight is 499 g/mol. The Morgan fingerprint density at radius 1 is 1.16 bits per heavy atom. The summed E-state index contributed by atoms with van der Waals surface area (Å²) < 4.78 is 32.3. The summed E-state index contributed by atoms with van der Waals surface area (Å²) in [5.41, 5.74) is 1.34. The number of sulfonamides is 1. The number of hydrogen-bond acceptors (Lipinski definition) is 5. The second-order valence-electron chi connectivity index (χ2n) is 7.44. The lowest BCUT2D eigenvalue weighted by molar-refractivity contribution is -0.142. The standard InChI is InChI=1S/C22H24Cl2N2O5S/c1-2-31-21(27)12-15-5-8-18(9-6-15)25-22(28)16-4-3-11-26(14-16)32(29,30)20-13-17(23)7-10-19(20)24/h5-10,13,16H,2-4,11-12,14H2,1H3,(H,25,28). The highest BCUT2D eigenvalue weighted by molar-refractivity contribution is 7.89. The molecular formula is C22H24Cl2N2O5S. The van der Waals surface area contributed by atoms with E-state index in [2.05, 4.69) is 5.32 Å². The van der Waals surface area contributed by atoms with Crippen LogP contribution in [0.3, 0.4) is 0 Å². The molecule has 32 heavy (non-hydrogen) atoms. The topological polar surface area (TPSA) is 92.8 Å². The Kier molecular flexibility index (Phi) is 8.16. The smallest absolute Gasteiger partial charge is 0.310 e. The van der Waals surface area contributed by atoms with Crippen LogP contribution in [0.25, 0.3) is 0 Å². The highest BCUT2D eigenvalue weighted by Gasteiger charge is 2.34. The van der Waals surface area contributed by atoms with Crippen molar-refractivity contribution in [3.63, 3.8) is 0 Å². The van der Waals surface area contributed by atoms with E-state index in [1.165, 1.54) is 22.5 Å². The first-order valence-electron chi connectivity index (χ1n) is 10.2. The molecule has 1 aliphatic heterocycles. The largest absolute Gasteiger partial charge is 0.466 e. The maximum atomic E-state index is 13.1. The lowest BCUT2D eigenvalue weighted by Gasteiger charge is -2.31. The van der Waals surface area contributed by atoms with Gasteiger partial charge in [-0.15, -0.1) is 0 Å². The summed E-state index contributed by atoms with van der Waals surface area (Å²) in [6.07, 6.45) is 1.28. The van der Waals surface area contributed by atoms with Gasteiger partial charge in [-0.1, -0.05) is 35.3 Å². The molecule has 172 valence electrons. The van der Waals surface area contributed by atoms with Crippen molar-refractivity contribution in [1.82, 2.24) is 4.31 Å². The molecule has 2 aromatic carbocycles. The molecule has 0 aliphatic carbocycles. The van der Waals surface area contributed by atoms with Gasteiger partial charge in [0.05, 0.1) is 24.0 Å². The number of rotatable bonds is 7. The Morgan fingerprint density at radius 3 is 2.56 bits per heavy atom. The SMILES string of the molecule is CCOC(=O)Cc1ccc(NC(=O)C2CCCN(S(=O)(=O)c3cc(Cl)ccc3Cl)C2)cc1. The number of hydrogen-bond donors (Lipinski definition) is 1. The lowest BCUT2D eigenvalue weighted by Crippen LogP contribution is -2.43. The third-order valence-corrected chi connectivity index (χ3v) is 7.72. The van der Waals surface area contributed by atoms with Crippen LogP contribution in [0.15, 0.2) is 47.4 Å². The van der Waals surface area contributed by atoms with Crippen molar-refractivity contribution in [1.29, 1.82) is 0 Å². The van der Waals surface area contributed by atoms with Gasteiger partial charge in [0.15, 0.2) is 0 Å². The van der Waals surface area contributed by atoms with Crippen molar-refractivity contribution < 1.29 is 22.7 Å². The minimum atomic E-state index is -3.88. The zero-order valence-corrected chi connectivity index (χ0v) is 19.8. The second-order valence-corrected chi connectivity index (χ2v) is 10.2. The fourth-order valence-electron chi connectivity index (χ4n) is 3.52. The first-order valence-corrected chi connectivity index (χ1v) is 12.4. The number of piperidine rings is 1. The van der Waals surface area contributed by atoms with Crippen LogP contribution >= 0.6 is 23.2 Å². The Balaban J connectivity index is 1.65. The maximum absolute atomic E-state index is 13.1. The first kappa shape index (κ1) is 24.5. The second kappa shape index (κ2) is 10.7. The predicted octanol–water partition coefficient (Wildman–Crippen LogP) is 4.14. The molecule has 1 atom stereocenters. The number of amides is 1. The molecule has 1 fully saturated rings.